The van der Waals surface area contributed by atoms with Crippen LogP contribution in [0.25, 0.3) is 0 Å². The first kappa shape index (κ1) is 13.8. The smallest absolute Gasteiger partial charge is 0.261 e. The molecule has 2 aromatic rings. The molecule has 0 saturated carbocycles. The normalized spacial score (nSPS) is 20.1. The zero-order chi connectivity index (χ0) is 15.1. The summed E-state index contributed by atoms with van der Waals surface area (Å²) in [6.45, 7) is 0.722. The van der Waals surface area contributed by atoms with E-state index in [1.807, 2.05) is 23.1 Å². The number of carbonyl (C=O) groups excluding carboxylic acids is 1. The lowest BCUT2D eigenvalue weighted by molar-refractivity contribution is -0.135. The van der Waals surface area contributed by atoms with Crippen molar-refractivity contribution in [3.8, 4) is 5.75 Å². The molecular formula is C18H16BrNO2. The Labute approximate surface area is 138 Å². The lowest BCUT2D eigenvalue weighted by Crippen LogP contribution is -2.35. The zero-order valence-electron chi connectivity index (χ0n) is 12.1. The minimum atomic E-state index is 0.0639. The average Bonchev–Trinajstić information content (AvgIpc) is 2.88. The molecule has 1 amide bonds. The van der Waals surface area contributed by atoms with Gasteiger partial charge in [-0.3, -0.25) is 4.79 Å². The highest BCUT2D eigenvalue weighted by atomic mass is 79.9. The summed E-state index contributed by atoms with van der Waals surface area (Å²) in [5.74, 6) is 0.874. The van der Waals surface area contributed by atoms with Crippen LogP contribution in [0, 0.1) is 0 Å². The van der Waals surface area contributed by atoms with Crippen molar-refractivity contribution in [3.05, 3.63) is 63.6 Å². The van der Waals surface area contributed by atoms with Gasteiger partial charge in [-0.15, -0.1) is 0 Å². The summed E-state index contributed by atoms with van der Waals surface area (Å²) in [6.07, 6.45) is 2.03. The van der Waals surface area contributed by atoms with Crippen LogP contribution in [-0.4, -0.2) is 17.4 Å². The Kier molecular flexibility index (Phi) is 3.41. The van der Waals surface area contributed by atoms with Crippen LogP contribution in [0.2, 0.25) is 0 Å². The summed E-state index contributed by atoms with van der Waals surface area (Å²) in [6, 6.07) is 14.5. The Hall–Kier alpha value is -1.81. The number of aryl methyl sites for hydroxylation is 1. The number of ether oxygens (including phenoxy) is 1. The number of halogens is 1. The monoisotopic (exact) mass is 357 g/mol. The summed E-state index contributed by atoms with van der Waals surface area (Å²) in [5, 5.41) is 0. The summed E-state index contributed by atoms with van der Waals surface area (Å²) in [4.78, 5) is 14.5. The van der Waals surface area contributed by atoms with Crippen LogP contribution in [0.4, 0.5) is 0 Å². The second-order valence-corrected chi connectivity index (χ2v) is 6.73. The molecule has 0 spiro atoms. The zero-order valence-corrected chi connectivity index (χ0v) is 13.7. The van der Waals surface area contributed by atoms with E-state index in [0.717, 1.165) is 28.6 Å². The van der Waals surface area contributed by atoms with Gasteiger partial charge in [-0.2, -0.15) is 0 Å². The van der Waals surface area contributed by atoms with E-state index in [1.54, 1.807) is 0 Å². The van der Waals surface area contributed by atoms with Crippen LogP contribution in [0.15, 0.2) is 46.9 Å². The van der Waals surface area contributed by atoms with E-state index in [4.69, 9.17) is 4.74 Å². The quantitative estimate of drug-likeness (QED) is 0.775. The van der Waals surface area contributed by atoms with Gasteiger partial charge in [0.05, 0.1) is 12.6 Å². The fourth-order valence-corrected chi connectivity index (χ4v) is 3.86. The summed E-state index contributed by atoms with van der Waals surface area (Å²) < 4.78 is 6.69. The van der Waals surface area contributed by atoms with Crippen LogP contribution in [0.1, 0.15) is 29.2 Å². The molecule has 2 aliphatic rings. The number of carbonyl (C=O) groups is 1. The van der Waals surface area contributed by atoms with Gasteiger partial charge in [0, 0.05) is 10.0 Å². The molecule has 4 heteroatoms. The molecule has 0 N–H and O–H groups in total. The maximum Gasteiger partial charge on any atom is 0.261 e. The van der Waals surface area contributed by atoms with Gasteiger partial charge >= 0.3 is 0 Å². The highest BCUT2D eigenvalue weighted by Gasteiger charge is 2.33. The number of rotatable bonds is 1. The first-order valence-corrected chi connectivity index (χ1v) is 8.30. The van der Waals surface area contributed by atoms with E-state index < -0.39 is 0 Å². The molecule has 1 aliphatic heterocycles. The predicted octanol–water partition coefficient (Wildman–Crippen LogP) is 3.86. The van der Waals surface area contributed by atoms with Gasteiger partial charge < -0.3 is 9.64 Å². The molecule has 112 valence electrons. The minimum Gasteiger partial charge on any atom is -0.483 e. The fourth-order valence-electron chi connectivity index (χ4n) is 3.45. The van der Waals surface area contributed by atoms with Gasteiger partial charge in [-0.1, -0.05) is 40.2 Å². The summed E-state index contributed by atoms with van der Waals surface area (Å²) in [7, 11) is 0. The second kappa shape index (κ2) is 5.43. The third-order valence-electron chi connectivity index (χ3n) is 4.51. The number of fused-ring (bicyclic) bond motifs is 2. The molecule has 0 unspecified atom stereocenters. The van der Waals surface area contributed by atoms with E-state index in [9.17, 15) is 4.79 Å². The van der Waals surface area contributed by atoms with Crippen LogP contribution in [-0.2, 0) is 17.8 Å². The largest absolute Gasteiger partial charge is 0.483 e. The van der Waals surface area contributed by atoms with Gasteiger partial charge in [0.2, 0.25) is 0 Å². The van der Waals surface area contributed by atoms with E-state index in [-0.39, 0.29) is 18.6 Å². The van der Waals surface area contributed by atoms with Crippen molar-refractivity contribution in [1.29, 1.82) is 0 Å². The van der Waals surface area contributed by atoms with E-state index >= 15 is 0 Å². The molecular weight excluding hydrogens is 342 g/mol. The summed E-state index contributed by atoms with van der Waals surface area (Å²) in [5.41, 5.74) is 3.71. The number of benzene rings is 2. The van der Waals surface area contributed by atoms with Gasteiger partial charge in [0.1, 0.15) is 5.75 Å². The standard InChI is InChI=1S/C18H16BrNO2/c19-14-6-8-17-13(9-14)10-20(18(21)11-22-17)16-7-5-12-3-1-2-4-15(12)16/h1-4,6,8-9,16H,5,7,10-11H2/t16-/m1/s1. The average molecular weight is 358 g/mol. The molecule has 4 rings (SSSR count). The molecule has 0 bridgehead atoms. The van der Waals surface area contributed by atoms with Crippen molar-refractivity contribution >= 4 is 21.8 Å². The van der Waals surface area contributed by atoms with Crippen molar-refractivity contribution < 1.29 is 9.53 Å². The Balaban J connectivity index is 1.71. The third-order valence-corrected chi connectivity index (χ3v) is 5.01. The molecule has 0 saturated heterocycles. The Morgan fingerprint density at radius 2 is 2.00 bits per heavy atom. The SMILES string of the molecule is O=C1COc2ccc(Br)cc2CN1[C@@H]1CCc2ccccc21. The minimum absolute atomic E-state index is 0.0639. The lowest BCUT2D eigenvalue weighted by Gasteiger charge is -2.28. The Morgan fingerprint density at radius 1 is 1.14 bits per heavy atom. The van der Waals surface area contributed by atoms with Gasteiger partial charge in [0.25, 0.3) is 5.91 Å². The number of hydrogen-bond acceptors (Lipinski definition) is 2. The number of amides is 1. The maximum atomic E-state index is 12.6. The maximum absolute atomic E-state index is 12.6. The first-order chi connectivity index (χ1) is 10.7. The molecule has 1 atom stereocenters. The van der Waals surface area contributed by atoms with Crippen molar-refractivity contribution in [2.75, 3.05) is 6.61 Å². The van der Waals surface area contributed by atoms with E-state index in [1.165, 1.54) is 11.1 Å². The molecule has 1 aliphatic carbocycles. The van der Waals surface area contributed by atoms with Crippen LogP contribution in [0.5, 0.6) is 5.75 Å². The number of hydrogen-bond donors (Lipinski definition) is 0. The van der Waals surface area contributed by atoms with Crippen LogP contribution >= 0.6 is 15.9 Å². The molecule has 22 heavy (non-hydrogen) atoms. The highest BCUT2D eigenvalue weighted by molar-refractivity contribution is 9.10. The lowest BCUT2D eigenvalue weighted by atomic mass is 10.1. The van der Waals surface area contributed by atoms with Gasteiger partial charge in [0.15, 0.2) is 6.61 Å². The topological polar surface area (TPSA) is 29.5 Å². The Bertz CT molecular complexity index is 744. The van der Waals surface area contributed by atoms with E-state index in [2.05, 4.69) is 40.2 Å². The van der Waals surface area contributed by atoms with Crippen molar-refractivity contribution in [2.24, 2.45) is 0 Å². The summed E-state index contributed by atoms with van der Waals surface area (Å²) >= 11 is 3.50. The third kappa shape index (κ3) is 2.31. The molecule has 3 nitrogen and oxygen atoms in total. The number of nitrogens with zero attached hydrogens (tertiary/aromatic N) is 1. The van der Waals surface area contributed by atoms with Gasteiger partial charge in [-0.25, -0.2) is 0 Å². The first-order valence-electron chi connectivity index (χ1n) is 7.51. The fraction of sp³-hybridized carbons (Fsp3) is 0.278. The van der Waals surface area contributed by atoms with Crippen molar-refractivity contribution in [3.63, 3.8) is 0 Å². The van der Waals surface area contributed by atoms with Crippen molar-refractivity contribution in [2.45, 2.75) is 25.4 Å². The molecule has 0 radical (unpaired) electrons. The van der Waals surface area contributed by atoms with Crippen LogP contribution in [0.3, 0.4) is 0 Å². The highest BCUT2D eigenvalue weighted by Crippen LogP contribution is 2.38. The van der Waals surface area contributed by atoms with Crippen LogP contribution < -0.4 is 4.74 Å². The van der Waals surface area contributed by atoms with Crippen molar-refractivity contribution in [1.82, 2.24) is 4.90 Å². The van der Waals surface area contributed by atoms with E-state index in [0.29, 0.717) is 6.54 Å². The van der Waals surface area contributed by atoms with Gasteiger partial charge in [-0.05, 0) is 42.2 Å². The molecule has 0 aromatic heterocycles. The second-order valence-electron chi connectivity index (χ2n) is 5.82. The molecule has 2 aromatic carbocycles. The predicted molar refractivity (Wildman–Crippen MR) is 87.7 cm³/mol. The molecule has 0 fully saturated rings. The molecule has 1 heterocycles. The Morgan fingerprint density at radius 3 is 2.91 bits per heavy atom.